The van der Waals surface area contributed by atoms with Gasteiger partial charge in [0.25, 0.3) is 5.91 Å². The number of alkyl halides is 6. The molecule has 0 fully saturated rings. The smallest absolute Gasteiger partial charge is 0.411 e. The summed E-state index contributed by atoms with van der Waals surface area (Å²) in [7, 11) is 1.50. The number of aromatic carboxylic acids is 2. The fourth-order valence-electron chi connectivity index (χ4n) is 5.20. The lowest BCUT2D eigenvalue weighted by atomic mass is 9.71. The third-order valence-corrected chi connectivity index (χ3v) is 7.47. The second-order valence-electron chi connectivity index (χ2n) is 10.6. The van der Waals surface area contributed by atoms with Crippen molar-refractivity contribution in [2.75, 3.05) is 17.7 Å². The van der Waals surface area contributed by atoms with E-state index in [1.807, 2.05) is 0 Å². The zero-order chi connectivity index (χ0) is 37.2. The molecule has 0 spiro atoms. The molecule has 3 aromatic carbocycles. The number of benzene rings is 3. The lowest BCUT2D eigenvalue weighted by Gasteiger charge is -2.38. The summed E-state index contributed by atoms with van der Waals surface area (Å²) in [6.07, 6.45) is -11.3. The van der Waals surface area contributed by atoms with Crippen LogP contribution in [0.15, 0.2) is 77.4 Å². The predicted octanol–water partition coefficient (Wildman–Crippen LogP) is 6.94. The van der Waals surface area contributed by atoms with Crippen LogP contribution in [0.1, 0.15) is 75.6 Å². The highest BCUT2D eigenvalue weighted by atomic mass is 19.4. The fraction of sp³-hybridized carbons (Fsp3) is 0.182. The molecular weight excluding hydrogens is 682 g/mol. The molecule has 50 heavy (non-hydrogen) atoms. The van der Waals surface area contributed by atoms with E-state index in [4.69, 9.17) is 9.15 Å². The van der Waals surface area contributed by atoms with Gasteiger partial charge in [0.05, 0.1) is 23.0 Å². The van der Waals surface area contributed by atoms with Gasteiger partial charge in [-0.05, 0) is 72.1 Å². The Kier molecular flexibility index (Phi) is 10.1. The highest BCUT2D eigenvalue weighted by molar-refractivity contribution is 6.11. The van der Waals surface area contributed by atoms with Crippen LogP contribution in [0.25, 0.3) is 0 Å². The zero-order valence-electron chi connectivity index (χ0n) is 25.7. The Morgan fingerprint density at radius 1 is 0.740 bits per heavy atom. The number of carbonyl (C=O) groups is 5. The number of nitrogens with one attached hydrogen (secondary N) is 2. The van der Waals surface area contributed by atoms with Gasteiger partial charge >= 0.3 is 30.3 Å². The number of ketones is 1. The summed E-state index contributed by atoms with van der Waals surface area (Å²) in [4.78, 5) is 61.3. The number of carbonyl (C=O) groups excluding carboxylic acids is 3. The molecule has 4 aromatic rings. The number of esters is 1. The van der Waals surface area contributed by atoms with Crippen LogP contribution in [0.4, 0.5) is 37.7 Å². The number of ether oxygens (including phenoxy) is 1. The van der Waals surface area contributed by atoms with Gasteiger partial charge in [-0.25, -0.2) is 14.4 Å². The molecule has 11 nitrogen and oxygen atoms in total. The highest BCUT2D eigenvalue weighted by Gasteiger charge is 2.72. The minimum atomic E-state index is -6.26. The lowest BCUT2D eigenvalue weighted by molar-refractivity contribution is -0.288. The van der Waals surface area contributed by atoms with E-state index in [1.54, 1.807) is 0 Å². The van der Waals surface area contributed by atoms with Crippen LogP contribution in [-0.4, -0.2) is 59.2 Å². The van der Waals surface area contributed by atoms with Gasteiger partial charge in [-0.3, -0.25) is 9.59 Å². The van der Waals surface area contributed by atoms with Crippen LogP contribution >= 0.6 is 0 Å². The van der Waals surface area contributed by atoms with Gasteiger partial charge in [0.15, 0.2) is 5.78 Å². The van der Waals surface area contributed by atoms with E-state index in [9.17, 15) is 60.5 Å². The summed E-state index contributed by atoms with van der Waals surface area (Å²) >= 11 is 0. The van der Waals surface area contributed by atoms with Crippen LogP contribution in [0, 0.1) is 0 Å². The van der Waals surface area contributed by atoms with Gasteiger partial charge in [0.2, 0.25) is 11.2 Å². The average molecular weight is 707 g/mol. The van der Waals surface area contributed by atoms with Crippen molar-refractivity contribution in [3.05, 3.63) is 118 Å². The summed E-state index contributed by atoms with van der Waals surface area (Å²) in [6, 6.07) is 8.57. The van der Waals surface area contributed by atoms with Crippen molar-refractivity contribution < 1.29 is 69.7 Å². The van der Waals surface area contributed by atoms with E-state index < -0.39 is 80.7 Å². The van der Waals surface area contributed by atoms with Gasteiger partial charge in [0, 0.05) is 24.0 Å². The number of hydrogen-bond acceptors (Lipinski definition) is 8. The summed E-state index contributed by atoms with van der Waals surface area (Å²) in [6.45, 7) is 0.527. The first-order chi connectivity index (χ1) is 23.3. The molecule has 0 atom stereocenters. The Labute approximate surface area is 277 Å². The predicted molar refractivity (Wildman–Crippen MR) is 161 cm³/mol. The van der Waals surface area contributed by atoms with Gasteiger partial charge < -0.3 is 30.0 Å². The standard InChI is InChI=1S/C33H24F6N2O9/c1-16(42)22-7-5-18(12-24(22)28(44)45)31(32(34,35)36,33(37,38)39)19-6-8-23(25(13-19)29(46)47)27(43)41-21-11-17(10-20(14-21)40-2)15-50-30(48)26-4-3-9-49-26/h3-14,40H,15H2,1-2H3,(H,41,43)(H,44,45)(H,46,47). The summed E-state index contributed by atoms with van der Waals surface area (Å²) in [5, 5.41) is 24.5. The number of furan rings is 1. The molecule has 0 saturated heterocycles. The molecule has 1 amide bonds. The van der Waals surface area contributed by atoms with Crippen molar-refractivity contribution >= 4 is 41.0 Å². The molecular formula is C33H24F6N2O9. The van der Waals surface area contributed by atoms with Gasteiger partial charge in [-0.15, -0.1) is 0 Å². The minimum absolute atomic E-state index is 0.0289. The molecule has 0 saturated carbocycles. The number of hydrogen-bond donors (Lipinski definition) is 4. The van der Waals surface area contributed by atoms with Crippen LogP contribution in [0.3, 0.4) is 0 Å². The molecule has 262 valence electrons. The number of rotatable bonds is 11. The molecule has 0 aliphatic carbocycles. The Morgan fingerprint density at radius 2 is 1.28 bits per heavy atom. The van der Waals surface area contributed by atoms with Crippen molar-refractivity contribution in [3.8, 4) is 0 Å². The minimum Gasteiger partial charge on any atom is -0.478 e. The number of halogens is 6. The average Bonchev–Trinajstić information content (AvgIpc) is 3.57. The quantitative estimate of drug-likeness (QED) is 0.0727. The van der Waals surface area contributed by atoms with Crippen molar-refractivity contribution in [2.45, 2.75) is 31.3 Å². The Bertz CT molecular complexity index is 1970. The van der Waals surface area contributed by atoms with Gasteiger partial charge in [0.1, 0.15) is 6.61 Å². The largest absolute Gasteiger partial charge is 0.478 e. The number of Topliss-reactive ketones (excluding diaryl/α,β-unsaturated/α-hetero) is 1. The first kappa shape index (κ1) is 36.7. The second-order valence-corrected chi connectivity index (χ2v) is 10.6. The van der Waals surface area contributed by atoms with Crippen molar-refractivity contribution in [3.63, 3.8) is 0 Å². The second kappa shape index (κ2) is 13.8. The first-order valence-electron chi connectivity index (χ1n) is 14.1. The third-order valence-electron chi connectivity index (χ3n) is 7.47. The van der Waals surface area contributed by atoms with Crippen molar-refractivity contribution in [1.82, 2.24) is 0 Å². The summed E-state index contributed by atoms with van der Waals surface area (Å²) in [5.41, 5.74) is -11.7. The summed E-state index contributed by atoms with van der Waals surface area (Å²) in [5.74, 6) is -7.17. The fourth-order valence-corrected chi connectivity index (χ4v) is 5.20. The maximum Gasteiger partial charge on any atom is 0.411 e. The Hall–Kier alpha value is -6.13. The van der Waals surface area contributed by atoms with Crippen LogP contribution in [0.5, 0.6) is 0 Å². The van der Waals surface area contributed by atoms with E-state index in [0.29, 0.717) is 23.4 Å². The third kappa shape index (κ3) is 7.01. The number of carboxylic acid groups (broad SMARTS) is 2. The number of amides is 1. The Morgan fingerprint density at radius 3 is 1.76 bits per heavy atom. The van der Waals surface area contributed by atoms with Crippen LogP contribution in [-0.2, 0) is 16.8 Å². The monoisotopic (exact) mass is 706 g/mol. The Balaban J connectivity index is 1.80. The molecule has 0 aliphatic rings. The molecule has 0 bridgehead atoms. The molecule has 0 aliphatic heterocycles. The van der Waals surface area contributed by atoms with Gasteiger partial charge in [-0.1, -0.05) is 18.2 Å². The zero-order valence-corrected chi connectivity index (χ0v) is 25.7. The normalized spacial score (nSPS) is 11.8. The molecule has 0 unspecified atom stereocenters. The van der Waals surface area contributed by atoms with E-state index in [2.05, 4.69) is 10.6 Å². The van der Waals surface area contributed by atoms with Crippen LogP contribution in [0.2, 0.25) is 0 Å². The topological polar surface area (TPSA) is 172 Å². The lowest BCUT2D eigenvalue weighted by Crippen LogP contribution is -2.55. The van der Waals surface area contributed by atoms with Crippen LogP contribution < -0.4 is 10.6 Å². The van der Waals surface area contributed by atoms with Gasteiger partial charge in [-0.2, -0.15) is 26.3 Å². The van der Waals surface area contributed by atoms with Crippen molar-refractivity contribution in [1.29, 1.82) is 0 Å². The maximum absolute atomic E-state index is 14.8. The molecule has 17 heteroatoms. The van der Waals surface area contributed by atoms with E-state index in [-0.39, 0.29) is 42.3 Å². The number of anilines is 2. The number of carboxylic acids is 2. The molecule has 4 rings (SSSR count). The maximum atomic E-state index is 14.8. The molecule has 1 aromatic heterocycles. The van der Waals surface area contributed by atoms with E-state index in [0.717, 1.165) is 6.92 Å². The molecule has 1 heterocycles. The highest BCUT2D eigenvalue weighted by Crippen LogP contribution is 2.56. The summed E-state index contributed by atoms with van der Waals surface area (Å²) < 4.78 is 99.0. The van der Waals surface area contributed by atoms with E-state index >= 15 is 0 Å². The van der Waals surface area contributed by atoms with Crippen molar-refractivity contribution in [2.24, 2.45) is 0 Å². The molecule has 4 N–H and O–H groups in total. The molecule has 0 radical (unpaired) electrons. The van der Waals surface area contributed by atoms with E-state index in [1.165, 1.54) is 43.6 Å². The SMILES string of the molecule is CNc1cc(COC(=O)c2ccco2)cc(NC(=O)c2ccc(C(c3ccc(C(C)=O)c(C(=O)O)c3)(C(F)(F)F)C(F)(F)F)cc2C(=O)O)c1. The first-order valence-corrected chi connectivity index (χ1v) is 14.1.